The maximum Gasteiger partial charge on any atom is 0.410 e. The van der Waals surface area contributed by atoms with Crippen LogP contribution in [0.15, 0.2) is 53.7 Å². The van der Waals surface area contributed by atoms with E-state index in [1.165, 1.54) is 6.42 Å². The van der Waals surface area contributed by atoms with Crippen LogP contribution in [0, 0.1) is 5.92 Å². The van der Waals surface area contributed by atoms with Gasteiger partial charge in [0, 0.05) is 41.7 Å². The first-order valence-electron chi connectivity index (χ1n) is 12.4. The normalized spacial score (nSPS) is 14.2. The number of aromatic nitrogens is 3. The number of rotatable bonds is 6. The zero-order valence-corrected chi connectivity index (χ0v) is 21.6. The Morgan fingerprint density at radius 2 is 2.00 bits per heavy atom. The highest BCUT2D eigenvalue weighted by Crippen LogP contribution is 2.29. The lowest BCUT2D eigenvalue weighted by atomic mass is 9.85. The maximum atomic E-state index is 13.0. The van der Waals surface area contributed by atoms with Gasteiger partial charge in [-0.15, -0.1) is 0 Å². The van der Waals surface area contributed by atoms with E-state index in [1.807, 2.05) is 43.9 Å². The van der Waals surface area contributed by atoms with E-state index in [-0.39, 0.29) is 11.7 Å². The minimum Gasteiger partial charge on any atom is -0.444 e. The highest BCUT2D eigenvalue weighted by atomic mass is 35.5. The summed E-state index contributed by atoms with van der Waals surface area (Å²) in [6, 6.07) is 10.0. The third-order valence-electron chi connectivity index (χ3n) is 6.66. The van der Waals surface area contributed by atoms with Gasteiger partial charge in [-0.1, -0.05) is 30.2 Å². The van der Waals surface area contributed by atoms with Crippen LogP contribution in [0.3, 0.4) is 0 Å². The predicted octanol–water partition coefficient (Wildman–Crippen LogP) is 6.12. The molecule has 1 N–H and O–H groups in total. The van der Waals surface area contributed by atoms with Gasteiger partial charge in [0.1, 0.15) is 5.60 Å². The molecule has 7 nitrogen and oxygen atoms in total. The molecule has 1 saturated carbocycles. The second-order valence-electron chi connectivity index (χ2n) is 10.7. The van der Waals surface area contributed by atoms with Gasteiger partial charge in [-0.05, 0) is 68.7 Å². The number of ether oxygens (including phenoxy) is 1. The molecule has 5 rings (SSSR count). The fraction of sp³-hybridized carbons (Fsp3) is 0.393. The number of aromatic amines is 1. The number of fused-ring (bicyclic) bond motifs is 2. The monoisotopic (exact) mass is 506 g/mol. The van der Waals surface area contributed by atoms with Gasteiger partial charge >= 0.3 is 6.09 Å². The van der Waals surface area contributed by atoms with Crippen LogP contribution in [-0.4, -0.2) is 37.7 Å². The first-order valence-corrected chi connectivity index (χ1v) is 12.8. The van der Waals surface area contributed by atoms with Crippen LogP contribution in [0.1, 0.15) is 51.3 Å². The third kappa shape index (κ3) is 5.26. The summed E-state index contributed by atoms with van der Waals surface area (Å²) in [5, 5.41) is 2.73. The van der Waals surface area contributed by atoms with Gasteiger partial charge in [0.05, 0.1) is 23.5 Å². The number of benzene rings is 1. The van der Waals surface area contributed by atoms with Crippen LogP contribution >= 0.6 is 11.6 Å². The Bertz CT molecular complexity index is 1480. The van der Waals surface area contributed by atoms with Crippen LogP contribution < -0.4 is 5.56 Å². The van der Waals surface area contributed by atoms with Gasteiger partial charge in [0.2, 0.25) is 0 Å². The smallest absolute Gasteiger partial charge is 0.410 e. The van der Waals surface area contributed by atoms with E-state index in [0.717, 1.165) is 35.0 Å². The summed E-state index contributed by atoms with van der Waals surface area (Å²) in [6.07, 6.45) is 8.13. The molecular weight excluding hydrogens is 476 g/mol. The lowest BCUT2D eigenvalue weighted by Crippen LogP contribution is -2.40. The quantitative estimate of drug-likeness (QED) is 0.342. The Morgan fingerprint density at radius 3 is 2.72 bits per heavy atom. The summed E-state index contributed by atoms with van der Waals surface area (Å²) in [5.74, 6) is 0.541. The standard InChI is InChI=1S/C28H31ClN4O3/c1-28(2,3)36-27(35)33(15-18-5-4-6-18)17-21-12-20-8-7-19(11-25(20)31-21)16-32-10-9-22-23(26(32)34)13-30-14-24(22)29/h7-14,18,31H,4-6,15-17H2,1-3H3. The number of H-pyrrole nitrogens is 1. The van der Waals surface area contributed by atoms with Gasteiger partial charge in [-0.25, -0.2) is 4.79 Å². The number of hydrogen-bond acceptors (Lipinski definition) is 4. The van der Waals surface area contributed by atoms with Crippen LogP contribution in [0.25, 0.3) is 21.7 Å². The molecule has 4 aromatic rings. The number of nitrogens with zero attached hydrogens (tertiary/aromatic N) is 3. The summed E-state index contributed by atoms with van der Waals surface area (Å²) in [6.45, 7) is 7.28. The summed E-state index contributed by atoms with van der Waals surface area (Å²) in [4.78, 5) is 35.2. The number of pyridine rings is 2. The molecule has 0 unspecified atom stereocenters. The molecule has 0 atom stereocenters. The number of amides is 1. The first kappa shape index (κ1) is 24.4. The Balaban J connectivity index is 1.37. The molecule has 1 aromatic carbocycles. The first-order chi connectivity index (χ1) is 17.2. The van der Waals surface area contributed by atoms with Gasteiger partial charge in [-0.3, -0.25) is 9.78 Å². The summed E-state index contributed by atoms with van der Waals surface area (Å²) >= 11 is 6.19. The largest absolute Gasteiger partial charge is 0.444 e. The van der Waals surface area contributed by atoms with Crippen molar-refractivity contribution in [2.24, 2.45) is 5.92 Å². The molecule has 188 valence electrons. The van der Waals surface area contributed by atoms with Crippen LogP contribution in [0.4, 0.5) is 4.79 Å². The molecule has 3 heterocycles. The Kier molecular flexibility index (Phi) is 6.51. The molecular formula is C28H31ClN4O3. The minimum atomic E-state index is -0.535. The van der Waals surface area contributed by atoms with Crippen molar-refractivity contribution in [3.63, 3.8) is 0 Å². The highest BCUT2D eigenvalue weighted by molar-refractivity contribution is 6.35. The van der Waals surface area contributed by atoms with Crippen molar-refractivity contribution in [2.45, 2.75) is 58.7 Å². The Labute approximate surface area is 215 Å². The van der Waals surface area contributed by atoms with E-state index >= 15 is 0 Å². The number of hydrogen-bond donors (Lipinski definition) is 1. The van der Waals surface area contributed by atoms with Crippen molar-refractivity contribution in [1.29, 1.82) is 0 Å². The van der Waals surface area contributed by atoms with Gasteiger partial charge in [0.25, 0.3) is 5.56 Å². The van der Waals surface area contributed by atoms with Crippen LogP contribution in [-0.2, 0) is 17.8 Å². The van der Waals surface area contributed by atoms with E-state index in [2.05, 4.69) is 22.1 Å². The van der Waals surface area contributed by atoms with Crippen molar-refractivity contribution in [3.8, 4) is 0 Å². The maximum absolute atomic E-state index is 13.0. The third-order valence-corrected chi connectivity index (χ3v) is 6.96. The molecule has 0 radical (unpaired) electrons. The van der Waals surface area contributed by atoms with Gasteiger partial charge in [-0.2, -0.15) is 0 Å². The average molecular weight is 507 g/mol. The molecule has 1 fully saturated rings. The second-order valence-corrected chi connectivity index (χ2v) is 11.1. The highest BCUT2D eigenvalue weighted by Gasteiger charge is 2.27. The topological polar surface area (TPSA) is 80.2 Å². The zero-order valence-electron chi connectivity index (χ0n) is 20.9. The summed E-state index contributed by atoms with van der Waals surface area (Å²) < 4.78 is 7.34. The fourth-order valence-corrected chi connectivity index (χ4v) is 4.85. The van der Waals surface area contributed by atoms with Crippen molar-refractivity contribution < 1.29 is 9.53 Å². The number of carbonyl (C=O) groups excluding carboxylic acids is 1. The number of carbonyl (C=O) groups is 1. The van der Waals surface area contributed by atoms with E-state index in [9.17, 15) is 9.59 Å². The van der Waals surface area contributed by atoms with E-state index in [1.54, 1.807) is 23.2 Å². The second kappa shape index (κ2) is 9.62. The van der Waals surface area contributed by atoms with Crippen molar-refractivity contribution >= 4 is 39.4 Å². The van der Waals surface area contributed by atoms with Crippen molar-refractivity contribution in [2.75, 3.05) is 6.54 Å². The van der Waals surface area contributed by atoms with Crippen LogP contribution in [0.2, 0.25) is 5.02 Å². The molecule has 1 aliphatic carbocycles. The molecule has 0 aliphatic heterocycles. The Morgan fingerprint density at radius 1 is 1.19 bits per heavy atom. The molecule has 0 bridgehead atoms. The molecule has 1 amide bonds. The minimum absolute atomic E-state index is 0.126. The fourth-order valence-electron chi connectivity index (χ4n) is 4.63. The van der Waals surface area contributed by atoms with E-state index in [4.69, 9.17) is 16.3 Å². The average Bonchev–Trinajstić information content (AvgIpc) is 3.18. The molecule has 36 heavy (non-hydrogen) atoms. The molecule has 0 spiro atoms. The SMILES string of the molecule is CC(C)(C)OC(=O)N(Cc1cc2ccc(Cn3ccc4c(Cl)cncc4c3=O)cc2[nH]1)CC1CCC1. The van der Waals surface area contributed by atoms with Crippen molar-refractivity contribution in [3.05, 3.63) is 75.6 Å². The molecule has 3 aromatic heterocycles. The number of nitrogens with one attached hydrogen (secondary N) is 1. The summed E-state index contributed by atoms with van der Waals surface area (Å²) in [7, 11) is 0. The molecule has 0 saturated heterocycles. The van der Waals surface area contributed by atoms with Gasteiger partial charge in [0.15, 0.2) is 0 Å². The Hall–Kier alpha value is -3.32. The number of halogens is 1. The molecule has 8 heteroatoms. The van der Waals surface area contributed by atoms with Gasteiger partial charge < -0.3 is 19.2 Å². The van der Waals surface area contributed by atoms with E-state index < -0.39 is 5.60 Å². The van der Waals surface area contributed by atoms with E-state index in [0.29, 0.717) is 41.3 Å². The lowest BCUT2D eigenvalue weighted by Gasteiger charge is -2.33. The zero-order chi connectivity index (χ0) is 25.4. The summed E-state index contributed by atoms with van der Waals surface area (Å²) in [5.41, 5.74) is 2.25. The van der Waals surface area contributed by atoms with Crippen LogP contribution in [0.5, 0.6) is 0 Å². The predicted molar refractivity (Wildman–Crippen MR) is 142 cm³/mol. The van der Waals surface area contributed by atoms with Crippen molar-refractivity contribution in [1.82, 2.24) is 19.4 Å². The molecule has 1 aliphatic rings. The lowest BCUT2D eigenvalue weighted by molar-refractivity contribution is 0.0171.